The van der Waals surface area contributed by atoms with E-state index >= 15 is 0 Å². The van der Waals surface area contributed by atoms with E-state index < -0.39 is 0 Å². The second kappa shape index (κ2) is 6.25. The molecule has 2 unspecified atom stereocenters. The van der Waals surface area contributed by atoms with Gasteiger partial charge in [-0.15, -0.1) is 0 Å². The van der Waals surface area contributed by atoms with Crippen molar-refractivity contribution in [2.75, 3.05) is 7.05 Å². The highest BCUT2D eigenvalue weighted by Crippen LogP contribution is 2.32. The quantitative estimate of drug-likeness (QED) is 0.884. The standard InChI is InChI=1S/C17H26N2O/c1-19-16-3-2-4-17(19)10-15(9-16)18-11-13-5-7-14(12-20)8-6-13/h5-8,15-18,20H,2-4,9-12H2,1H3. The lowest BCUT2D eigenvalue weighted by atomic mass is 9.82. The van der Waals surface area contributed by atoms with Crippen LogP contribution in [0.15, 0.2) is 24.3 Å². The molecule has 3 nitrogen and oxygen atoms in total. The molecule has 0 radical (unpaired) electrons. The minimum Gasteiger partial charge on any atom is -0.392 e. The molecule has 2 aliphatic rings. The molecule has 0 saturated carbocycles. The van der Waals surface area contributed by atoms with Crippen LogP contribution in [-0.4, -0.2) is 35.2 Å². The Balaban J connectivity index is 1.53. The Morgan fingerprint density at radius 1 is 1.10 bits per heavy atom. The molecule has 2 aliphatic heterocycles. The van der Waals surface area contributed by atoms with Crippen molar-refractivity contribution in [1.82, 2.24) is 10.2 Å². The van der Waals surface area contributed by atoms with Crippen molar-refractivity contribution in [1.29, 1.82) is 0 Å². The maximum absolute atomic E-state index is 9.06. The number of hydrogen-bond acceptors (Lipinski definition) is 3. The minimum atomic E-state index is 0.131. The molecular weight excluding hydrogens is 248 g/mol. The Morgan fingerprint density at radius 3 is 2.30 bits per heavy atom. The number of aliphatic hydroxyl groups is 1. The highest BCUT2D eigenvalue weighted by atomic mass is 16.3. The lowest BCUT2D eigenvalue weighted by molar-refractivity contribution is 0.0482. The third kappa shape index (κ3) is 3.05. The number of nitrogens with one attached hydrogen (secondary N) is 1. The molecule has 2 atom stereocenters. The van der Waals surface area contributed by atoms with Gasteiger partial charge in [-0.1, -0.05) is 30.7 Å². The van der Waals surface area contributed by atoms with Crippen LogP contribution in [0.5, 0.6) is 0 Å². The summed E-state index contributed by atoms with van der Waals surface area (Å²) in [6.07, 6.45) is 6.74. The Hall–Kier alpha value is -0.900. The zero-order valence-electron chi connectivity index (χ0n) is 12.4. The van der Waals surface area contributed by atoms with E-state index in [0.29, 0.717) is 6.04 Å². The molecule has 2 N–H and O–H groups in total. The predicted octanol–water partition coefficient (Wildman–Crippen LogP) is 2.28. The lowest BCUT2D eigenvalue weighted by Gasteiger charge is -2.47. The highest BCUT2D eigenvalue weighted by molar-refractivity contribution is 5.21. The summed E-state index contributed by atoms with van der Waals surface area (Å²) in [7, 11) is 2.30. The number of benzene rings is 1. The smallest absolute Gasteiger partial charge is 0.0681 e. The van der Waals surface area contributed by atoms with Crippen molar-refractivity contribution in [2.24, 2.45) is 0 Å². The van der Waals surface area contributed by atoms with Gasteiger partial charge >= 0.3 is 0 Å². The van der Waals surface area contributed by atoms with E-state index in [0.717, 1.165) is 24.2 Å². The van der Waals surface area contributed by atoms with Crippen molar-refractivity contribution in [3.05, 3.63) is 35.4 Å². The van der Waals surface area contributed by atoms with Crippen LogP contribution in [0.1, 0.15) is 43.2 Å². The second-order valence-corrected chi connectivity index (χ2v) is 6.43. The summed E-state index contributed by atoms with van der Waals surface area (Å²) in [5.74, 6) is 0. The van der Waals surface area contributed by atoms with E-state index in [1.54, 1.807) is 0 Å². The summed E-state index contributed by atoms with van der Waals surface area (Å²) in [6.45, 7) is 1.07. The maximum Gasteiger partial charge on any atom is 0.0681 e. The first-order valence-corrected chi connectivity index (χ1v) is 7.90. The first kappa shape index (κ1) is 14.1. The van der Waals surface area contributed by atoms with Crippen LogP contribution in [0.4, 0.5) is 0 Å². The first-order chi connectivity index (χ1) is 9.76. The Labute approximate surface area is 122 Å². The number of aliphatic hydroxyl groups excluding tert-OH is 1. The van der Waals surface area contributed by atoms with E-state index in [4.69, 9.17) is 5.11 Å². The van der Waals surface area contributed by atoms with Gasteiger partial charge in [0.2, 0.25) is 0 Å². The van der Waals surface area contributed by atoms with Gasteiger partial charge in [-0.25, -0.2) is 0 Å². The molecule has 1 aromatic rings. The van der Waals surface area contributed by atoms with Gasteiger partial charge < -0.3 is 15.3 Å². The van der Waals surface area contributed by atoms with E-state index in [2.05, 4.69) is 29.4 Å². The van der Waals surface area contributed by atoms with Crippen molar-refractivity contribution >= 4 is 0 Å². The van der Waals surface area contributed by atoms with Gasteiger partial charge in [0.15, 0.2) is 0 Å². The van der Waals surface area contributed by atoms with Gasteiger partial charge in [0.25, 0.3) is 0 Å². The van der Waals surface area contributed by atoms with Crippen LogP contribution in [0.25, 0.3) is 0 Å². The van der Waals surface area contributed by atoms with Gasteiger partial charge in [0.1, 0.15) is 0 Å². The SMILES string of the molecule is CN1C2CCCC1CC(NCc1ccc(CO)cc1)C2. The minimum absolute atomic E-state index is 0.131. The molecule has 0 spiro atoms. The van der Waals surface area contributed by atoms with Crippen LogP contribution < -0.4 is 5.32 Å². The molecule has 2 saturated heterocycles. The summed E-state index contributed by atoms with van der Waals surface area (Å²) < 4.78 is 0. The summed E-state index contributed by atoms with van der Waals surface area (Å²) >= 11 is 0. The van der Waals surface area contributed by atoms with E-state index in [-0.39, 0.29) is 6.61 Å². The fourth-order valence-electron chi connectivity index (χ4n) is 3.81. The zero-order valence-corrected chi connectivity index (χ0v) is 12.4. The molecule has 0 amide bonds. The van der Waals surface area contributed by atoms with E-state index in [9.17, 15) is 0 Å². The summed E-state index contributed by atoms with van der Waals surface area (Å²) in [5, 5.41) is 12.8. The summed E-state index contributed by atoms with van der Waals surface area (Å²) in [6, 6.07) is 10.5. The second-order valence-electron chi connectivity index (χ2n) is 6.43. The monoisotopic (exact) mass is 274 g/mol. The zero-order chi connectivity index (χ0) is 13.9. The van der Waals surface area contributed by atoms with Gasteiger partial charge in [-0.3, -0.25) is 0 Å². The molecule has 3 rings (SSSR count). The largest absolute Gasteiger partial charge is 0.392 e. The molecule has 2 bridgehead atoms. The fraction of sp³-hybridized carbons (Fsp3) is 0.647. The number of fused-ring (bicyclic) bond motifs is 2. The predicted molar refractivity (Wildman–Crippen MR) is 81.4 cm³/mol. The highest BCUT2D eigenvalue weighted by Gasteiger charge is 2.35. The fourth-order valence-corrected chi connectivity index (χ4v) is 3.81. The van der Waals surface area contributed by atoms with Crippen molar-refractivity contribution in [2.45, 2.75) is 63.4 Å². The van der Waals surface area contributed by atoms with E-state index in [1.807, 2.05) is 12.1 Å². The molecule has 0 aliphatic carbocycles. The number of piperidine rings is 2. The van der Waals surface area contributed by atoms with Crippen LogP contribution in [0.2, 0.25) is 0 Å². The van der Waals surface area contributed by atoms with Crippen LogP contribution >= 0.6 is 0 Å². The Bertz CT molecular complexity index is 417. The van der Waals surface area contributed by atoms with Crippen LogP contribution in [-0.2, 0) is 13.2 Å². The molecule has 2 heterocycles. The molecular formula is C17H26N2O. The molecule has 1 aromatic carbocycles. The molecule has 2 fully saturated rings. The van der Waals surface area contributed by atoms with Crippen molar-refractivity contribution < 1.29 is 5.11 Å². The average Bonchev–Trinajstić information content (AvgIpc) is 2.46. The molecule has 20 heavy (non-hydrogen) atoms. The van der Waals surface area contributed by atoms with Crippen LogP contribution in [0, 0.1) is 0 Å². The normalized spacial score (nSPS) is 30.4. The van der Waals surface area contributed by atoms with Gasteiger partial charge in [-0.2, -0.15) is 0 Å². The maximum atomic E-state index is 9.06. The molecule has 0 aromatic heterocycles. The number of hydrogen-bond donors (Lipinski definition) is 2. The lowest BCUT2D eigenvalue weighted by Crippen LogP contribution is -2.54. The van der Waals surface area contributed by atoms with Gasteiger partial charge in [0, 0.05) is 24.7 Å². The summed E-state index contributed by atoms with van der Waals surface area (Å²) in [5.41, 5.74) is 2.30. The van der Waals surface area contributed by atoms with Crippen LogP contribution in [0.3, 0.4) is 0 Å². The third-order valence-electron chi connectivity index (χ3n) is 5.14. The van der Waals surface area contributed by atoms with E-state index in [1.165, 1.54) is 37.7 Å². The topological polar surface area (TPSA) is 35.5 Å². The Kier molecular flexibility index (Phi) is 4.39. The third-order valence-corrected chi connectivity index (χ3v) is 5.14. The van der Waals surface area contributed by atoms with Gasteiger partial charge in [-0.05, 0) is 43.9 Å². The summed E-state index contributed by atoms with van der Waals surface area (Å²) in [4.78, 5) is 2.61. The molecule has 3 heteroatoms. The molecule has 110 valence electrons. The first-order valence-electron chi connectivity index (χ1n) is 7.90. The van der Waals surface area contributed by atoms with Gasteiger partial charge in [0.05, 0.1) is 6.61 Å². The number of rotatable bonds is 4. The average molecular weight is 274 g/mol. The number of nitrogens with zero attached hydrogens (tertiary/aromatic N) is 1. The van der Waals surface area contributed by atoms with Crippen molar-refractivity contribution in [3.8, 4) is 0 Å². The van der Waals surface area contributed by atoms with Crippen molar-refractivity contribution in [3.63, 3.8) is 0 Å². The Morgan fingerprint density at radius 2 is 1.70 bits per heavy atom.